The number of fused-ring (bicyclic) bond motifs is 1. The molecular weight excluding hydrogens is 254 g/mol. The van der Waals surface area contributed by atoms with Crippen molar-refractivity contribution >= 4 is 17.0 Å². The van der Waals surface area contributed by atoms with Gasteiger partial charge in [0.2, 0.25) is 5.95 Å². The zero-order chi connectivity index (χ0) is 13.6. The van der Waals surface area contributed by atoms with Crippen LogP contribution in [0, 0.1) is 0 Å². The maximum Gasteiger partial charge on any atom is 0.263 e. The number of nitrogens with two attached hydrogens (primary N) is 1. The molecule has 0 aliphatic carbocycles. The first-order chi connectivity index (χ1) is 9.08. The molecule has 3 rings (SSSR count). The zero-order valence-corrected chi connectivity index (χ0v) is 9.85. The summed E-state index contributed by atoms with van der Waals surface area (Å²) in [6.45, 7) is -0.274. The van der Waals surface area contributed by atoms with Crippen molar-refractivity contribution in [3.8, 4) is 0 Å². The van der Waals surface area contributed by atoms with Crippen molar-refractivity contribution in [2.75, 3.05) is 12.3 Å². The number of rotatable bonds is 2. The van der Waals surface area contributed by atoms with Gasteiger partial charge in [-0.1, -0.05) is 0 Å². The maximum absolute atomic E-state index is 11.7. The molecule has 0 amide bonds. The van der Waals surface area contributed by atoms with E-state index < -0.39 is 18.4 Å². The number of H-pyrrole nitrogens is 1. The number of nitrogen functional groups attached to an aromatic ring is 1. The number of hydrogen-bond donors (Lipinski definition) is 4. The Labute approximate surface area is 106 Å². The molecule has 3 heterocycles. The average molecular weight is 267 g/mol. The largest absolute Gasteiger partial charge is 0.394 e. The van der Waals surface area contributed by atoms with Gasteiger partial charge in [-0.25, -0.2) is 4.68 Å². The normalized spacial score (nSPS) is 27.2. The second-order valence-corrected chi connectivity index (χ2v) is 4.41. The van der Waals surface area contributed by atoms with Gasteiger partial charge in [0, 0.05) is 12.6 Å². The van der Waals surface area contributed by atoms with E-state index in [9.17, 15) is 9.90 Å². The number of aromatic nitrogens is 4. The molecule has 1 saturated heterocycles. The van der Waals surface area contributed by atoms with E-state index in [2.05, 4.69) is 15.1 Å². The summed E-state index contributed by atoms with van der Waals surface area (Å²) >= 11 is 0. The lowest BCUT2D eigenvalue weighted by molar-refractivity contribution is -0.0482. The van der Waals surface area contributed by atoms with Gasteiger partial charge < -0.3 is 20.7 Å². The van der Waals surface area contributed by atoms with E-state index in [1.165, 1.54) is 10.9 Å². The van der Waals surface area contributed by atoms with Crippen molar-refractivity contribution in [1.29, 1.82) is 0 Å². The number of nitrogens with one attached hydrogen (secondary N) is 1. The van der Waals surface area contributed by atoms with E-state index >= 15 is 0 Å². The lowest BCUT2D eigenvalue weighted by atomic mass is 10.2. The summed E-state index contributed by atoms with van der Waals surface area (Å²) in [6.07, 6.45) is -0.182. The fourth-order valence-electron chi connectivity index (χ4n) is 2.14. The van der Waals surface area contributed by atoms with Gasteiger partial charge in [0.15, 0.2) is 11.9 Å². The van der Waals surface area contributed by atoms with E-state index in [4.69, 9.17) is 15.6 Å². The third kappa shape index (κ3) is 1.97. The molecule has 9 nitrogen and oxygen atoms in total. The number of aliphatic hydroxyl groups is 2. The lowest BCUT2D eigenvalue weighted by Gasteiger charge is -2.11. The summed E-state index contributed by atoms with van der Waals surface area (Å²) in [5.41, 5.74) is 5.26. The van der Waals surface area contributed by atoms with Crippen LogP contribution in [-0.2, 0) is 4.74 Å². The van der Waals surface area contributed by atoms with Crippen LogP contribution in [0.4, 0.5) is 5.95 Å². The Kier molecular flexibility index (Phi) is 2.73. The molecule has 0 aromatic carbocycles. The average Bonchev–Trinajstić information content (AvgIpc) is 2.92. The monoisotopic (exact) mass is 267 g/mol. The molecule has 9 heteroatoms. The minimum absolute atomic E-state index is 0.0108. The standard InChI is InChI=1S/C10H13N5O4/c11-10-12-8-4(9(18)13-10)2-15(14-8)7-1-5(17)6(3-16)19-7/h2,5-7,16-17H,1,3H2,(H3,11,12,13,14,18)/t5-,6-,7-/m1/s1. The number of aliphatic hydroxyl groups excluding tert-OH is 2. The maximum atomic E-state index is 11.7. The highest BCUT2D eigenvalue weighted by Crippen LogP contribution is 2.28. The number of ether oxygens (including phenoxy) is 1. The van der Waals surface area contributed by atoms with Crippen molar-refractivity contribution in [3.63, 3.8) is 0 Å². The molecule has 0 saturated carbocycles. The minimum atomic E-state index is -0.765. The molecule has 0 unspecified atom stereocenters. The molecule has 2 aromatic rings. The predicted octanol–water partition coefficient (Wildman–Crippen LogP) is -1.66. The van der Waals surface area contributed by atoms with Crippen LogP contribution in [0.3, 0.4) is 0 Å². The van der Waals surface area contributed by atoms with Crippen molar-refractivity contribution in [2.45, 2.75) is 24.9 Å². The second-order valence-electron chi connectivity index (χ2n) is 4.41. The third-order valence-corrected chi connectivity index (χ3v) is 3.10. The fourth-order valence-corrected chi connectivity index (χ4v) is 2.14. The number of anilines is 1. The van der Waals surface area contributed by atoms with Gasteiger partial charge in [0.05, 0.1) is 12.7 Å². The van der Waals surface area contributed by atoms with Gasteiger partial charge in [0.1, 0.15) is 11.5 Å². The summed E-state index contributed by atoms with van der Waals surface area (Å²) in [7, 11) is 0. The zero-order valence-electron chi connectivity index (χ0n) is 9.85. The van der Waals surface area contributed by atoms with Gasteiger partial charge in [-0.15, -0.1) is 5.10 Å². The summed E-state index contributed by atoms with van der Waals surface area (Å²) in [5.74, 6) is -0.0108. The van der Waals surface area contributed by atoms with Gasteiger partial charge in [-0.2, -0.15) is 4.98 Å². The molecule has 1 fully saturated rings. The van der Waals surface area contributed by atoms with E-state index in [0.717, 1.165) is 0 Å². The fraction of sp³-hybridized carbons (Fsp3) is 0.500. The highest BCUT2D eigenvalue weighted by molar-refractivity contribution is 5.73. The van der Waals surface area contributed by atoms with Crippen molar-refractivity contribution in [2.24, 2.45) is 0 Å². The molecule has 0 spiro atoms. The Balaban J connectivity index is 1.99. The molecule has 1 aliphatic rings. The van der Waals surface area contributed by atoms with E-state index in [1.54, 1.807) is 0 Å². The quantitative estimate of drug-likeness (QED) is 0.510. The SMILES string of the molecule is Nc1nc2nn([C@H]3C[C@@H](O)[C@@H](CO)O3)cc2c(=O)[nH]1. The Hall–Kier alpha value is -1.97. The van der Waals surface area contributed by atoms with Crippen molar-refractivity contribution in [1.82, 2.24) is 19.7 Å². The van der Waals surface area contributed by atoms with Crippen LogP contribution >= 0.6 is 0 Å². The van der Waals surface area contributed by atoms with Gasteiger partial charge in [0.25, 0.3) is 5.56 Å². The molecule has 5 N–H and O–H groups in total. The van der Waals surface area contributed by atoms with Crippen LogP contribution in [0.1, 0.15) is 12.6 Å². The number of hydrogen-bond acceptors (Lipinski definition) is 7. The highest BCUT2D eigenvalue weighted by atomic mass is 16.5. The predicted molar refractivity (Wildman–Crippen MR) is 64.2 cm³/mol. The Morgan fingerprint density at radius 2 is 2.42 bits per heavy atom. The first kappa shape index (κ1) is 12.1. The topological polar surface area (TPSA) is 139 Å². The number of nitrogens with zero attached hydrogens (tertiary/aromatic N) is 3. The van der Waals surface area contributed by atoms with Crippen LogP contribution < -0.4 is 11.3 Å². The molecule has 3 atom stereocenters. The first-order valence-corrected chi connectivity index (χ1v) is 5.77. The van der Waals surface area contributed by atoms with Gasteiger partial charge in [-0.3, -0.25) is 9.78 Å². The van der Waals surface area contributed by atoms with Crippen molar-refractivity contribution < 1.29 is 14.9 Å². The first-order valence-electron chi connectivity index (χ1n) is 5.77. The molecule has 19 heavy (non-hydrogen) atoms. The number of aromatic amines is 1. The molecule has 0 bridgehead atoms. The summed E-state index contributed by atoms with van der Waals surface area (Å²) in [6, 6.07) is 0. The molecule has 0 radical (unpaired) electrons. The molecular formula is C10H13N5O4. The highest BCUT2D eigenvalue weighted by Gasteiger charge is 2.35. The van der Waals surface area contributed by atoms with Crippen LogP contribution in [-0.4, -0.2) is 48.8 Å². The molecule has 2 aromatic heterocycles. The van der Waals surface area contributed by atoms with Gasteiger partial charge >= 0.3 is 0 Å². The molecule has 102 valence electrons. The van der Waals surface area contributed by atoms with Crippen LogP contribution in [0.15, 0.2) is 11.0 Å². The summed E-state index contributed by atoms with van der Waals surface area (Å²) in [4.78, 5) is 17.9. The van der Waals surface area contributed by atoms with E-state index in [-0.39, 0.29) is 30.2 Å². The minimum Gasteiger partial charge on any atom is -0.394 e. The Morgan fingerprint density at radius 3 is 3.11 bits per heavy atom. The van der Waals surface area contributed by atoms with Gasteiger partial charge in [-0.05, 0) is 0 Å². The summed E-state index contributed by atoms with van der Waals surface area (Å²) in [5, 5.41) is 23.1. The van der Waals surface area contributed by atoms with Crippen LogP contribution in [0.2, 0.25) is 0 Å². The molecule has 1 aliphatic heterocycles. The second kappa shape index (κ2) is 4.30. The smallest absolute Gasteiger partial charge is 0.263 e. The van der Waals surface area contributed by atoms with E-state index in [1.807, 2.05) is 0 Å². The van der Waals surface area contributed by atoms with Crippen LogP contribution in [0.25, 0.3) is 11.0 Å². The Bertz CT molecular complexity index is 665. The van der Waals surface area contributed by atoms with Crippen LogP contribution in [0.5, 0.6) is 0 Å². The Morgan fingerprint density at radius 1 is 1.63 bits per heavy atom. The van der Waals surface area contributed by atoms with E-state index in [0.29, 0.717) is 5.39 Å². The summed E-state index contributed by atoms with van der Waals surface area (Å²) < 4.78 is 6.85. The lowest BCUT2D eigenvalue weighted by Crippen LogP contribution is -2.24. The van der Waals surface area contributed by atoms with Crippen molar-refractivity contribution in [3.05, 3.63) is 16.6 Å². The third-order valence-electron chi connectivity index (χ3n) is 3.10.